The van der Waals surface area contributed by atoms with Crippen molar-refractivity contribution < 1.29 is 14.3 Å². The monoisotopic (exact) mass is 269 g/mol. The van der Waals surface area contributed by atoms with Gasteiger partial charge in [-0.1, -0.05) is 0 Å². The maximum absolute atomic E-state index is 11.7. The average Bonchev–Trinajstić information content (AvgIpc) is 2.79. The summed E-state index contributed by atoms with van der Waals surface area (Å²) in [5, 5.41) is 0. The smallest absolute Gasteiger partial charge is 0.358 e. The molecule has 18 heavy (non-hydrogen) atoms. The second-order valence-electron chi connectivity index (χ2n) is 3.98. The Kier molecular flexibility index (Phi) is 3.76. The van der Waals surface area contributed by atoms with Gasteiger partial charge in [-0.3, -0.25) is 9.69 Å². The first-order valence-corrected chi connectivity index (χ1v) is 5.96. The highest BCUT2D eigenvalue weighted by molar-refractivity contribution is 6.18. The van der Waals surface area contributed by atoms with Crippen LogP contribution in [0.4, 0.5) is 5.82 Å². The van der Waals surface area contributed by atoms with Crippen molar-refractivity contribution in [2.45, 2.75) is 6.42 Å². The Bertz CT molecular complexity index is 463. The fourth-order valence-corrected chi connectivity index (χ4v) is 1.98. The molecule has 1 amide bonds. The van der Waals surface area contributed by atoms with Crippen LogP contribution >= 0.6 is 11.6 Å². The van der Waals surface area contributed by atoms with Crippen LogP contribution in [0.2, 0.25) is 0 Å². The van der Waals surface area contributed by atoms with Crippen LogP contribution < -0.4 is 4.90 Å². The van der Waals surface area contributed by atoms with Crippen molar-refractivity contribution in [3.63, 3.8) is 0 Å². The number of ether oxygens (including phenoxy) is 1. The number of hydrogen-bond acceptors (Lipinski definition) is 5. The molecule has 96 valence electrons. The van der Waals surface area contributed by atoms with E-state index < -0.39 is 5.97 Å². The third kappa shape index (κ3) is 2.43. The lowest BCUT2D eigenvalue weighted by Gasteiger charge is -2.14. The Morgan fingerprint density at radius 3 is 2.83 bits per heavy atom. The first kappa shape index (κ1) is 12.8. The van der Waals surface area contributed by atoms with Crippen molar-refractivity contribution in [2.75, 3.05) is 24.4 Å². The number of alkyl halides is 1. The van der Waals surface area contributed by atoms with Crippen molar-refractivity contribution in [3.05, 3.63) is 18.1 Å². The minimum Gasteiger partial charge on any atom is -0.464 e. The first-order valence-electron chi connectivity index (χ1n) is 5.42. The standard InChI is InChI=1S/C11H12ClN3O3/c1-18-11(17)8-4-14-9(5-13-8)15-6-7(3-12)2-10(15)16/h4-5,7H,2-3,6H2,1H3. The molecular formula is C11H12ClN3O3. The molecule has 1 aromatic rings. The van der Waals surface area contributed by atoms with E-state index in [1.165, 1.54) is 24.4 Å². The van der Waals surface area contributed by atoms with E-state index in [9.17, 15) is 9.59 Å². The molecule has 0 saturated carbocycles. The molecule has 1 unspecified atom stereocenters. The molecule has 0 bridgehead atoms. The molecule has 0 aromatic carbocycles. The third-order valence-electron chi connectivity index (χ3n) is 2.73. The highest BCUT2D eigenvalue weighted by Gasteiger charge is 2.30. The van der Waals surface area contributed by atoms with Gasteiger partial charge in [-0.05, 0) is 5.92 Å². The van der Waals surface area contributed by atoms with Gasteiger partial charge < -0.3 is 4.74 Å². The Morgan fingerprint density at radius 2 is 2.33 bits per heavy atom. The summed E-state index contributed by atoms with van der Waals surface area (Å²) >= 11 is 5.74. The lowest BCUT2D eigenvalue weighted by atomic mass is 10.2. The summed E-state index contributed by atoms with van der Waals surface area (Å²) in [5.74, 6) is 0.429. The number of methoxy groups -OCH3 is 1. The molecule has 0 N–H and O–H groups in total. The van der Waals surface area contributed by atoms with E-state index in [0.29, 0.717) is 24.7 Å². The molecule has 1 aliphatic heterocycles. The zero-order chi connectivity index (χ0) is 13.1. The summed E-state index contributed by atoms with van der Waals surface area (Å²) in [6.07, 6.45) is 3.10. The molecule has 1 aromatic heterocycles. The van der Waals surface area contributed by atoms with Gasteiger partial charge in [0, 0.05) is 18.8 Å². The lowest BCUT2D eigenvalue weighted by Crippen LogP contribution is -2.26. The number of halogens is 1. The molecule has 0 spiro atoms. The second kappa shape index (κ2) is 5.30. The van der Waals surface area contributed by atoms with E-state index in [0.717, 1.165) is 0 Å². The fraction of sp³-hybridized carbons (Fsp3) is 0.455. The van der Waals surface area contributed by atoms with Gasteiger partial charge in [0.05, 0.1) is 19.5 Å². The van der Waals surface area contributed by atoms with Crippen molar-refractivity contribution >= 4 is 29.3 Å². The molecule has 6 nitrogen and oxygen atoms in total. The number of carbonyl (C=O) groups is 2. The largest absolute Gasteiger partial charge is 0.464 e. The zero-order valence-electron chi connectivity index (χ0n) is 9.80. The minimum atomic E-state index is -0.555. The van der Waals surface area contributed by atoms with Crippen molar-refractivity contribution in [1.29, 1.82) is 0 Å². The number of nitrogens with zero attached hydrogens (tertiary/aromatic N) is 3. The SMILES string of the molecule is COC(=O)c1cnc(N2CC(CCl)CC2=O)cn1. The topological polar surface area (TPSA) is 72.4 Å². The Hall–Kier alpha value is -1.69. The molecule has 2 heterocycles. The van der Waals surface area contributed by atoms with E-state index >= 15 is 0 Å². The van der Waals surface area contributed by atoms with Gasteiger partial charge in [0.2, 0.25) is 5.91 Å². The van der Waals surface area contributed by atoms with Crippen molar-refractivity contribution in [3.8, 4) is 0 Å². The highest BCUT2D eigenvalue weighted by atomic mass is 35.5. The number of hydrogen-bond donors (Lipinski definition) is 0. The zero-order valence-corrected chi connectivity index (χ0v) is 10.6. The summed E-state index contributed by atoms with van der Waals surface area (Å²) in [6.45, 7) is 0.536. The number of amides is 1. The van der Waals surface area contributed by atoms with E-state index in [1.54, 1.807) is 0 Å². The minimum absolute atomic E-state index is 0.0271. The van der Waals surface area contributed by atoms with Gasteiger partial charge >= 0.3 is 5.97 Å². The van der Waals surface area contributed by atoms with Crippen molar-refractivity contribution in [1.82, 2.24) is 9.97 Å². The van der Waals surface area contributed by atoms with Gasteiger partial charge in [0.1, 0.15) is 0 Å². The van der Waals surface area contributed by atoms with Crippen LogP contribution in [0.25, 0.3) is 0 Å². The maximum Gasteiger partial charge on any atom is 0.358 e. The number of esters is 1. The molecule has 1 aliphatic rings. The van der Waals surface area contributed by atoms with Gasteiger partial charge in [0.25, 0.3) is 0 Å². The van der Waals surface area contributed by atoms with Crippen LogP contribution in [0, 0.1) is 5.92 Å². The van der Waals surface area contributed by atoms with E-state index in [1.807, 2.05) is 0 Å². The van der Waals surface area contributed by atoms with Crippen LogP contribution in [0.15, 0.2) is 12.4 Å². The lowest BCUT2D eigenvalue weighted by molar-refractivity contribution is -0.117. The molecule has 2 rings (SSSR count). The number of rotatable bonds is 3. The summed E-state index contributed by atoms with van der Waals surface area (Å²) in [7, 11) is 1.27. The quantitative estimate of drug-likeness (QED) is 0.601. The van der Waals surface area contributed by atoms with Crippen LogP contribution in [-0.2, 0) is 9.53 Å². The molecule has 1 fully saturated rings. The molecule has 0 aliphatic carbocycles. The van der Waals surface area contributed by atoms with Crippen LogP contribution in [0.3, 0.4) is 0 Å². The summed E-state index contributed by atoms with van der Waals surface area (Å²) in [6, 6.07) is 0. The summed E-state index contributed by atoms with van der Waals surface area (Å²) in [4.78, 5) is 32.4. The Labute approximate surface area is 109 Å². The molecule has 0 radical (unpaired) electrons. The van der Waals surface area contributed by atoms with Gasteiger partial charge in [-0.25, -0.2) is 14.8 Å². The average molecular weight is 270 g/mol. The Morgan fingerprint density at radius 1 is 1.56 bits per heavy atom. The summed E-state index contributed by atoms with van der Waals surface area (Å²) in [5.41, 5.74) is 0.113. The van der Waals surface area contributed by atoms with E-state index in [2.05, 4.69) is 14.7 Å². The normalized spacial score (nSPS) is 19.1. The Balaban J connectivity index is 2.15. The van der Waals surface area contributed by atoms with Crippen molar-refractivity contribution in [2.24, 2.45) is 5.92 Å². The first-order chi connectivity index (χ1) is 8.65. The molecular weight excluding hydrogens is 258 g/mol. The summed E-state index contributed by atoms with van der Waals surface area (Å²) < 4.78 is 4.52. The molecule has 1 atom stereocenters. The predicted molar refractivity (Wildman–Crippen MR) is 64.6 cm³/mol. The number of anilines is 1. The molecule has 1 saturated heterocycles. The van der Waals surface area contributed by atoms with Crippen LogP contribution in [0.1, 0.15) is 16.9 Å². The van der Waals surface area contributed by atoms with Gasteiger partial charge in [-0.15, -0.1) is 11.6 Å². The fourth-order valence-electron chi connectivity index (χ4n) is 1.78. The molecule has 7 heteroatoms. The predicted octanol–water partition coefficient (Wildman–Crippen LogP) is 0.855. The van der Waals surface area contributed by atoms with Gasteiger partial charge in [0.15, 0.2) is 11.5 Å². The van der Waals surface area contributed by atoms with E-state index in [4.69, 9.17) is 11.6 Å². The highest BCUT2D eigenvalue weighted by Crippen LogP contribution is 2.23. The van der Waals surface area contributed by atoms with Gasteiger partial charge in [-0.2, -0.15) is 0 Å². The number of aromatic nitrogens is 2. The third-order valence-corrected chi connectivity index (χ3v) is 3.17. The van der Waals surface area contributed by atoms with E-state index in [-0.39, 0.29) is 17.5 Å². The number of carbonyl (C=O) groups excluding carboxylic acids is 2. The van der Waals surface area contributed by atoms with Crippen LogP contribution in [0.5, 0.6) is 0 Å². The second-order valence-corrected chi connectivity index (χ2v) is 4.29. The van der Waals surface area contributed by atoms with Crippen LogP contribution in [-0.4, -0.2) is 41.4 Å². The maximum atomic E-state index is 11.7.